The highest BCUT2D eigenvalue weighted by atomic mass is 16.7. The van der Waals surface area contributed by atoms with Crippen molar-refractivity contribution in [3.63, 3.8) is 0 Å². The Morgan fingerprint density at radius 2 is 0.985 bits per heavy atom. The summed E-state index contributed by atoms with van der Waals surface area (Å²) in [6.45, 7) is 3.45. The van der Waals surface area contributed by atoms with Crippen molar-refractivity contribution in [1.82, 2.24) is 0 Å². The number of aliphatic hydroxyl groups is 7. The van der Waals surface area contributed by atoms with Crippen LogP contribution in [0.15, 0.2) is 72.9 Å². The molecule has 14 heteroatoms. The highest BCUT2D eigenvalue weighted by molar-refractivity contribution is 5.69. The molecule has 0 bridgehead atoms. The second-order valence-corrected chi connectivity index (χ2v) is 17.3. The van der Waals surface area contributed by atoms with Gasteiger partial charge in [0.1, 0.15) is 54.9 Å². The fourth-order valence-electron chi connectivity index (χ4n) is 7.37. The van der Waals surface area contributed by atoms with E-state index in [1.165, 1.54) is 25.7 Å². The van der Waals surface area contributed by atoms with Crippen LogP contribution in [0.4, 0.5) is 0 Å². The molecule has 0 amide bonds. The zero-order valence-electron chi connectivity index (χ0n) is 40.2. The SMILES string of the molecule is CC/C=C\C/C=C\C/C=C\C/C=C\C/C=C\CCCCCCCC(=O)OC(COCCCCCCCC/C=C\CCC)COC1OC(COC2OC(CO)C(O)C(O)C2O)C(O)C(O)C1O. The highest BCUT2D eigenvalue weighted by Gasteiger charge is 2.47. The van der Waals surface area contributed by atoms with E-state index in [9.17, 15) is 40.5 Å². The van der Waals surface area contributed by atoms with Crippen LogP contribution in [0, 0.1) is 0 Å². The average Bonchev–Trinajstić information content (AvgIpc) is 3.31. The Bertz CT molecular complexity index is 1360. The third-order valence-electron chi connectivity index (χ3n) is 11.4. The molecule has 14 nitrogen and oxygen atoms in total. The summed E-state index contributed by atoms with van der Waals surface area (Å²) < 4.78 is 34.2. The van der Waals surface area contributed by atoms with Crippen molar-refractivity contribution in [2.24, 2.45) is 0 Å². The Morgan fingerprint density at radius 1 is 0.515 bits per heavy atom. The van der Waals surface area contributed by atoms with Crippen LogP contribution in [-0.4, -0.2) is 142 Å². The normalized spacial score (nSPS) is 26.9. The minimum Gasteiger partial charge on any atom is -0.457 e. The van der Waals surface area contributed by atoms with E-state index in [1.54, 1.807) is 0 Å². The molecule has 2 saturated heterocycles. The summed E-state index contributed by atoms with van der Waals surface area (Å²) in [6.07, 6.45) is 31.1. The number of unbranched alkanes of at least 4 members (excludes halogenated alkanes) is 12. The van der Waals surface area contributed by atoms with E-state index in [4.69, 9.17) is 28.4 Å². The molecule has 0 aliphatic carbocycles. The van der Waals surface area contributed by atoms with Crippen LogP contribution < -0.4 is 0 Å². The molecule has 2 heterocycles. The molecule has 0 aromatic heterocycles. The second-order valence-electron chi connectivity index (χ2n) is 17.3. The van der Waals surface area contributed by atoms with Gasteiger partial charge in [0, 0.05) is 13.0 Å². The Labute approximate surface area is 396 Å². The Hall–Kier alpha value is -2.57. The third kappa shape index (κ3) is 26.8. The molecule has 11 unspecified atom stereocenters. The maximum absolute atomic E-state index is 13.0. The third-order valence-corrected chi connectivity index (χ3v) is 11.4. The summed E-state index contributed by atoms with van der Waals surface area (Å²) in [7, 11) is 0. The molecular weight excluding hydrogens is 849 g/mol. The van der Waals surface area contributed by atoms with Crippen LogP contribution in [0.5, 0.6) is 0 Å². The van der Waals surface area contributed by atoms with Gasteiger partial charge < -0.3 is 64.2 Å². The van der Waals surface area contributed by atoms with E-state index in [0.717, 1.165) is 96.3 Å². The minimum atomic E-state index is -1.71. The molecule has 0 aromatic rings. The van der Waals surface area contributed by atoms with Crippen molar-refractivity contribution in [3.05, 3.63) is 72.9 Å². The number of hydrogen-bond acceptors (Lipinski definition) is 14. The average molecular weight is 937 g/mol. The monoisotopic (exact) mass is 937 g/mol. The van der Waals surface area contributed by atoms with E-state index in [-0.39, 0.29) is 19.6 Å². The van der Waals surface area contributed by atoms with Gasteiger partial charge in [0.15, 0.2) is 12.6 Å². The lowest BCUT2D eigenvalue weighted by Gasteiger charge is -2.42. The smallest absolute Gasteiger partial charge is 0.306 e. The Balaban J connectivity index is 1.77. The van der Waals surface area contributed by atoms with Crippen LogP contribution >= 0.6 is 0 Å². The Kier molecular flexibility index (Phi) is 35.5. The van der Waals surface area contributed by atoms with Crippen LogP contribution in [0.2, 0.25) is 0 Å². The van der Waals surface area contributed by atoms with Gasteiger partial charge in [-0.1, -0.05) is 138 Å². The number of hydrogen-bond donors (Lipinski definition) is 7. The lowest BCUT2D eigenvalue weighted by atomic mass is 9.98. The topological polar surface area (TPSA) is 214 Å². The quantitative estimate of drug-likeness (QED) is 0.0187. The molecule has 0 aromatic carbocycles. The number of carbonyl (C=O) groups excluding carboxylic acids is 1. The number of aliphatic hydroxyl groups excluding tert-OH is 7. The largest absolute Gasteiger partial charge is 0.457 e. The lowest BCUT2D eigenvalue weighted by molar-refractivity contribution is -0.332. The first-order valence-corrected chi connectivity index (χ1v) is 25.0. The van der Waals surface area contributed by atoms with Gasteiger partial charge >= 0.3 is 5.97 Å². The van der Waals surface area contributed by atoms with E-state index >= 15 is 0 Å². The van der Waals surface area contributed by atoms with Gasteiger partial charge in [-0.15, -0.1) is 0 Å². The fraction of sp³-hybridized carbons (Fsp3) is 0.750. The molecule has 66 heavy (non-hydrogen) atoms. The van der Waals surface area contributed by atoms with Crippen molar-refractivity contribution < 1.29 is 69.0 Å². The van der Waals surface area contributed by atoms with Gasteiger partial charge in [-0.3, -0.25) is 4.79 Å². The molecule has 0 radical (unpaired) electrons. The maximum atomic E-state index is 13.0. The summed E-state index contributed by atoms with van der Waals surface area (Å²) in [6, 6.07) is 0. The standard InChI is InChI=1S/C52H88O14/c1-3-5-7-9-11-13-15-16-17-18-19-20-21-22-23-24-25-27-29-31-33-35-44(54)64-41(38-61-36-34-32-30-28-26-14-12-10-8-6-4-2)39-62-51-50(60)48(58)46(56)43(66-51)40-63-52-49(59)47(57)45(55)42(37-53)65-52/h5,7-8,10-11,13,16-17,19-20,22-23,41-43,45-53,55-60H,3-4,6,9,12,14-15,18,21,24-40H2,1-2H3/b7-5-,10-8-,13-11-,17-16-,20-19-,23-22-. The molecule has 0 spiro atoms. The summed E-state index contributed by atoms with van der Waals surface area (Å²) in [5.41, 5.74) is 0. The predicted octanol–water partition coefficient (Wildman–Crippen LogP) is 7.12. The first-order chi connectivity index (χ1) is 32.1. The van der Waals surface area contributed by atoms with Crippen molar-refractivity contribution in [1.29, 1.82) is 0 Å². The predicted molar refractivity (Wildman–Crippen MR) is 256 cm³/mol. The van der Waals surface area contributed by atoms with E-state index in [0.29, 0.717) is 13.0 Å². The first-order valence-electron chi connectivity index (χ1n) is 25.0. The van der Waals surface area contributed by atoms with Crippen molar-refractivity contribution in [2.45, 2.75) is 216 Å². The number of carbonyl (C=O) groups is 1. The van der Waals surface area contributed by atoms with Gasteiger partial charge in [-0.2, -0.15) is 0 Å². The van der Waals surface area contributed by atoms with Crippen molar-refractivity contribution in [2.75, 3.05) is 33.0 Å². The van der Waals surface area contributed by atoms with E-state index < -0.39 is 86.7 Å². The van der Waals surface area contributed by atoms with Crippen LogP contribution in [0.25, 0.3) is 0 Å². The highest BCUT2D eigenvalue weighted by Crippen LogP contribution is 2.26. The van der Waals surface area contributed by atoms with Gasteiger partial charge in [0.25, 0.3) is 0 Å². The maximum Gasteiger partial charge on any atom is 0.306 e. The summed E-state index contributed by atoms with van der Waals surface area (Å²) in [4.78, 5) is 13.0. The first kappa shape index (κ1) is 59.6. The molecular formula is C52H88O14. The second kappa shape index (κ2) is 39.3. The molecule has 11 atom stereocenters. The number of ether oxygens (including phenoxy) is 6. The molecule has 2 aliphatic rings. The van der Waals surface area contributed by atoms with Gasteiger partial charge in [-0.25, -0.2) is 0 Å². The van der Waals surface area contributed by atoms with Crippen LogP contribution in [0.3, 0.4) is 0 Å². The minimum absolute atomic E-state index is 0.0449. The van der Waals surface area contributed by atoms with Crippen molar-refractivity contribution in [3.8, 4) is 0 Å². The number of esters is 1. The molecule has 7 N–H and O–H groups in total. The fourth-order valence-corrected chi connectivity index (χ4v) is 7.37. The lowest BCUT2D eigenvalue weighted by Crippen LogP contribution is -2.61. The van der Waals surface area contributed by atoms with E-state index in [1.807, 2.05) is 0 Å². The van der Waals surface area contributed by atoms with Crippen LogP contribution in [0.1, 0.15) is 149 Å². The number of rotatable bonds is 38. The van der Waals surface area contributed by atoms with Gasteiger partial charge in [-0.05, 0) is 77.0 Å². The zero-order valence-corrected chi connectivity index (χ0v) is 40.2. The molecule has 2 rings (SSSR count). The summed E-state index contributed by atoms with van der Waals surface area (Å²) >= 11 is 0. The van der Waals surface area contributed by atoms with Gasteiger partial charge in [0.2, 0.25) is 0 Å². The summed E-state index contributed by atoms with van der Waals surface area (Å²) in [5.74, 6) is -0.401. The van der Waals surface area contributed by atoms with Gasteiger partial charge in [0.05, 0.1) is 26.4 Å². The Morgan fingerprint density at radius 3 is 1.56 bits per heavy atom. The molecule has 0 saturated carbocycles. The summed E-state index contributed by atoms with van der Waals surface area (Å²) in [5, 5.41) is 72.0. The molecule has 380 valence electrons. The van der Waals surface area contributed by atoms with E-state index in [2.05, 4.69) is 86.8 Å². The molecule has 2 aliphatic heterocycles. The zero-order chi connectivity index (χ0) is 48.0. The molecule has 2 fully saturated rings. The van der Waals surface area contributed by atoms with Crippen LogP contribution in [-0.2, 0) is 33.2 Å². The van der Waals surface area contributed by atoms with Crippen molar-refractivity contribution >= 4 is 5.97 Å². The number of allylic oxidation sites excluding steroid dienone is 12.